The van der Waals surface area contributed by atoms with E-state index in [4.69, 9.17) is 5.73 Å². The Labute approximate surface area is 128 Å². The van der Waals surface area contributed by atoms with Crippen LogP contribution in [-0.4, -0.2) is 11.5 Å². The summed E-state index contributed by atoms with van der Waals surface area (Å²) in [7, 11) is 0. The summed E-state index contributed by atoms with van der Waals surface area (Å²) in [6.45, 7) is 3.13. The van der Waals surface area contributed by atoms with Crippen LogP contribution in [0.25, 0.3) is 0 Å². The molecule has 1 aromatic heterocycles. The number of nitrogens with two attached hydrogens (primary N) is 1. The van der Waals surface area contributed by atoms with Crippen LogP contribution < -0.4 is 11.1 Å². The predicted molar refractivity (Wildman–Crippen MR) is 87.5 cm³/mol. The van der Waals surface area contributed by atoms with Crippen molar-refractivity contribution in [3.8, 4) is 0 Å². The zero-order valence-electron chi connectivity index (χ0n) is 11.6. The van der Waals surface area contributed by atoms with E-state index in [-0.39, 0.29) is 6.04 Å². The first kappa shape index (κ1) is 15.0. The molecule has 0 bridgehead atoms. The number of nitrogens with zero attached hydrogens (tertiary/aromatic N) is 1. The van der Waals surface area contributed by atoms with E-state index in [0.717, 1.165) is 35.1 Å². The third-order valence-electron chi connectivity index (χ3n) is 3.26. The van der Waals surface area contributed by atoms with Crippen LogP contribution in [0.3, 0.4) is 0 Å². The maximum Gasteiger partial charge on any atom is 0.0396 e. The number of nitrogens with one attached hydrogen (secondary N) is 1. The summed E-state index contributed by atoms with van der Waals surface area (Å²) >= 11 is 3.46. The van der Waals surface area contributed by atoms with E-state index in [2.05, 4.69) is 57.4 Å². The van der Waals surface area contributed by atoms with Crippen molar-refractivity contribution in [2.24, 2.45) is 0 Å². The summed E-state index contributed by atoms with van der Waals surface area (Å²) in [6, 6.07) is 10.5. The third-order valence-corrected chi connectivity index (χ3v) is 3.79. The quantitative estimate of drug-likeness (QED) is 0.847. The standard InChI is InChI=1S/C16H20BrN3/c1-2-8-20-16(14-11-19-9-7-15(14)18)10-12-3-5-13(17)6-4-12/h3-7,9,11,16,20H,2,8,10H2,1H3,(H2,18,19). The van der Waals surface area contributed by atoms with Gasteiger partial charge >= 0.3 is 0 Å². The zero-order valence-corrected chi connectivity index (χ0v) is 13.2. The summed E-state index contributed by atoms with van der Waals surface area (Å²) in [4.78, 5) is 4.20. The molecule has 1 heterocycles. The second kappa shape index (κ2) is 7.41. The highest BCUT2D eigenvalue weighted by atomic mass is 79.9. The van der Waals surface area contributed by atoms with Crippen molar-refractivity contribution in [3.05, 3.63) is 58.3 Å². The molecule has 106 valence electrons. The van der Waals surface area contributed by atoms with Gasteiger partial charge in [0.2, 0.25) is 0 Å². The van der Waals surface area contributed by atoms with E-state index in [1.807, 2.05) is 12.3 Å². The van der Waals surface area contributed by atoms with E-state index in [9.17, 15) is 0 Å². The number of aromatic nitrogens is 1. The van der Waals surface area contributed by atoms with Gasteiger partial charge in [-0.1, -0.05) is 35.0 Å². The molecule has 3 N–H and O–H groups in total. The second-order valence-electron chi connectivity index (χ2n) is 4.84. The van der Waals surface area contributed by atoms with Gasteiger partial charge in [-0.25, -0.2) is 0 Å². The second-order valence-corrected chi connectivity index (χ2v) is 5.76. The summed E-state index contributed by atoms with van der Waals surface area (Å²) < 4.78 is 1.10. The summed E-state index contributed by atoms with van der Waals surface area (Å²) in [6.07, 6.45) is 5.59. The van der Waals surface area contributed by atoms with Crippen LogP contribution in [0.1, 0.15) is 30.5 Å². The van der Waals surface area contributed by atoms with Crippen LogP contribution in [0.4, 0.5) is 5.69 Å². The fourth-order valence-corrected chi connectivity index (χ4v) is 2.44. The SMILES string of the molecule is CCCNC(Cc1ccc(Br)cc1)c1cnccc1N. The molecular weight excluding hydrogens is 314 g/mol. The van der Waals surface area contributed by atoms with Gasteiger partial charge in [0, 0.05) is 34.2 Å². The molecule has 0 saturated carbocycles. The lowest BCUT2D eigenvalue weighted by atomic mass is 9.99. The molecule has 4 heteroatoms. The van der Waals surface area contributed by atoms with Gasteiger partial charge in [0.15, 0.2) is 0 Å². The van der Waals surface area contributed by atoms with Gasteiger partial charge < -0.3 is 11.1 Å². The van der Waals surface area contributed by atoms with Crippen molar-refractivity contribution in [2.75, 3.05) is 12.3 Å². The molecule has 2 aromatic rings. The van der Waals surface area contributed by atoms with Crippen LogP contribution in [0.15, 0.2) is 47.2 Å². The van der Waals surface area contributed by atoms with E-state index >= 15 is 0 Å². The lowest BCUT2D eigenvalue weighted by Gasteiger charge is -2.20. The van der Waals surface area contributed by atoms with Crippen molar-refractivity contribution in [1.29, 1.82) is 0 Å². The molecule has 0 fully saturated rings. The summed E-state index contributed by atoms with van der Waals surface area (Å²) in [5.74, 6) is 0. The van der Waals surface area contributed by atoms with Crippen LogP contribution in [0.2, 0.25) is 0 Å². The number of nitrogen functional groups attached to an aromatic ring is 1. The molecule has 0 aliphatic carbocycles. The molecule has 3 nitrogen and oxygen atoms in total. The molecular formula is C16H20BrN3. The number of halogens is 1. The maximum atomic E-state index is 6.08. The van der Waals surface area contributed by atoms with Gasteiger partial charge in [-0.3, -0.25) is 4.98 Å². The summed E-state index contributed by atoms with van der Waals surface area (Å²) in [5.41, 5.74) is 9.24. The van der Waals surface area contributed by atoms with Crippen molar-refractivity contribution >= 4 is 21.6 Å². The molecule has 2 rings (SSSR count). The van der Waals surface area contributed by atoms with Gasteiger partial charge in [-0.05, 0) is 43.1 Å². The largest absolute Gasteiger partial charge is 0.398 e. The minimum absolute atomic E-state index is 0.199. The zero-order chi connectivity index (χ0) is 14.4. The number of anilines is 1. The molecule has 20 heavy (non-hydrogen) atoms. The normalized spacial score (nSPS) is 12.3. The first-order valence-corrected chi connectivity index (χ1v) is 7.67. The molecule has 0 aliphatic rings. The first-order chi connectivity index (χ1) is 9.70. The Morgan fingerprint density at radius 2 is 2.00 bits per heavy atom. The van der Waals surface area contributed by atoms with Gasteiger partial charge in [-0.15, -0.1) is 0 Å². The van der Waals surface area contributed by atoms with Crippen molar-refractivity contribution in [1.82, 2.24) is 10.3 Å². The first-order valence-electron chi connectivity index (χ1n) is 6.88. The molecule has 0 aliphatic heterocycles. The van der Waals surface area contributed by atoms with Gasteiger partial charge in [0.05, 0.1) is 0 Å². The lowest BCUT2D eigenvalue weighted by Crippen LogP contribution is -2.25. The average Bonchev–Trinajstić information content (AvgIpc) is 2.46. The maximum absolute atomic E-state index is 6.08. The number of hydrogen-bond acceptors (Lipinski definition) is 3. The van der Waals surface area contributed by atoms with E-state index in [1.54, 1.807) is 6.20 Å². The molecule has 0 spiro atoms. The van der Waals surface area contributed by atoms with E-state index < -0.39 is 0 Å². The Morgan fingerprint density at radius 3 is 2.65 bits per heavy atom. The van der Waals surface area contributed by atoms with Crippen molar-refractivity contribution in [2.45, 2.75) is 25.8 Å². The highest BCUT2D eigenvalue weighted by molar-refractivity contribution is 9.10. The minimum Gasteiger partial charge on any atom is -0.398 e. The Morgan fingerprint density at radius 1 is 1.25 bits per heavy atom. The Bertz CT molecular complexity index is 540. The minimum atomic E-state index is 0.199. The van der Waals surface area contributed by atoms with Crippen LogP contribution in [0, 0.1) is 0 Å². The fourth-order valence-electron chi connectivity index (χ4n) is 2.18. The fraction of sp³-hybridized carbons (Fsp3) is 0.312. The summed E-state index contributed by atoms with van der Waals surface area (Å²) in [5, 5.41) is 3.56. The number of pyridine rings is 1. The van der Waals surface area contributed by atoms with Crippen LogP contribution in [0.5, 0.6) is 0 Å². The van der Waals surface area contributed by atoms with Crippen LogP contribution in [-0.2, 0) is 6.42 Å². The van der Waals surface area contributed by atoms with E-state index in [1.165, 1.54) is 5.56 Å². The molecule has 0 saturated heterocycles. The molecule has 0 amide bonds. The Kier molecular flexibility index (Phi) is 5.56. The highest BCUT2D eigenvalue weighted by Gasteiger charge is 2.14. The van der Waals surface area contributed by atoms with Crippen LogP contribution >= 0.6 is 15.9 Å². The monoisotopic (exact) mass is 333 g/mol. The number of rotatable bonds is 6. The molecule has 1 aromatic carbocycles. The number of benzene rings is 1. The topological polar surface area (TPSA) is 50.9 Å². The van der Waals surface area contributed by atoms with Gasteiger partial charge in [0.25, 0.3) is 0 Å². The van der Waals surface area contributed by atoms with Crippen molar-refractivity contribution < 1.29 is 0 Å². The van der Waals surface area contributed by atoms with Gasteiger partial charge in [0.1, 0.15) is 0 Å². The molecule has 1 unspecified atom stereocenters. The third kappa shape index (κ3) is 4.05. The average molecular weight is 334 g/mol. The van der Waals surface area contributed by atoms with E-state index in [0.29, 0.717) is 0 Å². The van der Waals surface area contributed by atoms with Crippen molar-refractivity contribution in [3.63, 3.8) is 0 Å². The highest BCUT2D eigenvalue weighted by Crippen LogP contribution is 2.23. The Hall–Kier alpha value is -1.39. The van der Waals surface area contributed by atoms with Gasteiger partial charge in [-0.2, -0.15) is 0 Å². The Balaban J connectivity index is 2.19. The molecule has 0 radical (unpaired) electrons. The molecule has 1 atom stereocenters. The smallest absolute Gasteiger partial charge is 0.0396 e. The predicted octanol–water partition coefficient (Wildman–Crippen LogP) is 3.71. The number of hydrogen-bond donors (Lipinski definition) is 2. The lowest BCUT2D eigenvalue weighted by molar-refractivity contribution is 0.529.